The first-order valence-corrected chi connectivity index (χ1v) is 8.26. The Hall–Kier alpha value is -3.41. The molecule has 27 heavy (non-hydrogen) atoms. The highest BCUT2D eigenvalue weighted by Gasteiger charge is 2.18. The molecule has 2 rings (SSSR count). The molecule has 0 bridgehead atoms. The van der Waals surface area contributed by atoms with E-state index < -0.39 is 29.1 Å². The molecule has 11 nitrogen and oxygen atoms in total. The van der Waals surface area contributed by atoms with Gasteiger partial charge in [-0.25, -0.2) is 19.5 Å². The first-order valence-electron chi connectivity index (χ1n) is 7.28. The van der Waals surface area contributed by atoms with Crippen LogP contribution in [0.3, 0.4) is 0 Å². The van der Waals surface area contributed by atoms with E-state index in [0.29, 0.717) is 0 Å². The van der Waals surface area contributed by atoms with E-state index in [1.807, 2.05) is 10.1 Å². The molecule has 1 amide bonds. The fourth-order valence-electron chi connectivity index (χ4n) is 1.94. The average molecular weight is 394 g/mol. The second-order valence-corrected chi connectivity index (χ2v) is 5.86. The molecule has 0 atom stereocenters. The number of hydrogen-bond donors (Lipinski definition) is 3. The number of nitrogens with zero attached hydrogens (tertiary/aromatic N) is 1. The van der Waals surface area contributed by atoms with Crippen molar-refractivity contribution in [2.75, 3.05) is 25.3 Å². The summed E-state index contributed by atoms with van der Waals surface area (Å²) in [5.74, 6) is -2.20. The monoisotopic (exact) mass is 394 g/mol. The Morgan fingerprint density at radius 2 is 1.85 bits per heavy atom. The predicted molar refractivity (Wildman–Crippen MR) is 94.0 cm³/mol. The predicted octanol–water partition coefficient (Wildman–Crippen LogP) is -0.238. The summed E-state index contributed by atoms with van der Waals surface area (Å²) in [6.07, 6.45) is 0. The minimum atomic E-state index is -0.767. The molecule has 0 radical (unpaired) electrons. The number of ether oxygens (including phenoxy) is 2. The highest BCUT2D eigenvalue weighted by Crippen LogP contribution is 2.20. The SMILES string of the molecule is COC(=O)c1ccc(C(=O)OC)c(NC(=O)CSc2n[nH]c(=O)[nH]c2=O)c1. The number of aromatic amines is 2. The fourth-order valence-corrected chi connectivity index (χ4v) is 2.57. The third kappa shape index (κ3) is 5.04. The van der Waals surface area contributed by atoms with Gasteiger partial charge in [0.25, 0.3) is 5.56 Å². The van der Waals surface area contributed by atoms with Gasteiger partial charge in [0, 0.05) is 0 Å². The standard InChI is InChI=1S/C15H14N4O7S/c1-25-13(22)7-3-4-8(14(23)26-2)9(5-7)16-10(20)6-27-12-11(21)17-15(24)19-18-12/h3-5H,6H2,1-2H3,(H,16,20)(H2,17,19,21,24). The molecule has 1 aromatic carbocycles. The maximum Gasteiger partial charge on any atom is 0.342 e. The van der Waals surface area contributed by atoms with Crippen molar-refractivity contribution in [3.63, 3.8) is 0 Å². The van der Waals surface area contributed by atoms with Gasteiger partial charge in [-0.2, -0.15) is 5.10 Å². The number of H-pyrrole nitrogens is 2. The van der Waals surface area contributed by atoms with Gasteiger partial charge in [-0.05, 0) is 18.2 Å². The molecule has 0 unspecified atom stereocenters. The second kappa shape index (κ2) is 8.80. The summed E-state index contributed by atoms with van der Waals surface area (Å²) in [6, 6.07) is 3.94. The summed E-state index contributed by atoms with van der Waals surface area (Å²) in [7, 11) is 2.37. The lowest BCUT2D eigenvalue weighted by atomic mass is 10.1. The van der Waals surface area contributed by atoms with Crippen LogP contribution in [0.25, 0.3) is 0 Å². The molecule has 0 aliphatic rings. The van der Waals surface area contributed by atoms with Crippen molar-refractivity contribution in [3.05, 3.63) is 50.2 Å². The number of benzene rings is 1. The number of hydrogen-bond acceptors (Lipinski definition) is 9. The van der Waals surface area contributed by atoms with Crippen LogP contribution < -0.4 is 16.6 Å². The lowest BCUT2D eigenvalue weighted by Gasteiger charge is -2.11. The van der Waals surface area contributed by atoms with Crippen LogP contribution in [0.15, 0.2) is 32.8 Å². The minimum Gasteiger partial charge on any atom is -0.465 e. The molecule has 2 aromatic rings. The van der Waals surface area contributed by atoms with Gasteiger partial charge in [-0.3, -0.25) is 14.6 Å². The molecule has 0 spiro atoms. The maximum absolute atomic E-state index is 12.2. The summed E-state index contributed by atoms with van der Waals surface area (Å²) in [5.41, 5.74) is -1.32. The summed E-state index contributed by atoms with van der Waals surface area (Å²) in [6.45, 7) is 0. The van der Waals surface area contributed by atoms with Crippen LogP contribution in [-0.4, -0.2) is 53.0 Å². The second-order valence-electron chi connectivity index (χ2n) is 4.89. The van der Waals surface area contributed by atoms with E-state index in [4.69, 9.17) is 0 Å². The molecular weight excluding hydrogens is 380 g/mol. The summed E-state index contributed by atoms with van der Waals surface area (Å²) in [4.78, 5) is 60.1. The molecule has 0 fully saturated rings. The van der Waals surface area contributed by atoms with Crippen molar-refractivity contribution in [1.29, 1.82) is 0 Å². The Kier molecular flexibility index (Phi) is 6.49. The smallest absolute Gasteiger partial charge is 0.342 e. The Balaban J connectivity index is 2.19. The number of thioether (sulfide) groups is 1. The van der Waals surface area contributed by atoms with Crippen molar-refractivity contribution in [2.45, 2.75) is 5.03 Å². The zero-order chi connectivity index (χ0) is 20.0. The third-order valence-corrected chi connectivity index (χ3v) is 4.10. The van der Waals surface area contributed by atoms with Crippen LogP contribution in [0.2, 0.25) is 0 Å². The van der Waals surface area contributed by atoms with Gasteiger partial charge in [0.05, 0.1) is 36.8 Å². The molecule has 1 aromatic heterocycles. The number of rotatable bonds is 6. The number of nitrogens with one attached hydrogen (secondary N) is 3. The number of esters is 2. The van der Waals surface area contributed by atoms with E-state index in [1.165, 1.54) is 32.4 Å². The topological polar surface area (TPSA) is 160 Å². The molecule has 0 saturated heterocycles. The lowest BCUT2D eigenvalue weighted by Crippen LogP contribution is -2.26. The zero-order valence-electron chi connectivity index (χ0n) is 14.2. The van der Waals surface area contributed by atoms with Crippen molar-refractivity contribution >= 4 is 35.3 Å². The highest BCUT2D eigenvalue weighted by molar-refractivity contribution is 7.99. The van der Waals surface area contributed by atoms with Gasteiger partial charge < -0.3 is 14.8 Å². The van der Waals surface area contributed by atoms with E-state index in [9.17, 15) is 24.0 Å². The maximum atomic E-state index is 12.2. The van der Waals surface area contributed by atoms with Gasteiger partial charge in [0.2, 0.25) is 5.91 Å². The van der Waals surface area contributed by atoms with Crippen LogP contribution in [-0.2, 0) is 14.3 Å². The van der Waals surface area contributed by atoms with E-state index in [-0.39, 0.29) is 27.6 Å². The number of amides is 1. The summed E-state index contributed by atoms with van der Waals surface area (Å²) >= 11 is 0.773. The average Bonchev–Trinajstić information content (AvgIpc) is 2.66. The largest absolute Gasteiger partial charge is 0.465 e. The number of aromatic nitrogens is 3. The van der Waals surface area contributed by atoms with Gasteiger partial charge >= 0.3 is 17.6 Å². The van der Waals surface area contributed by atoms with Crippen molar-refractivity contribution in [1.82, 2.24) is 15.2 Å². The lowest BCUT2D eigenvalue weighted by molar-refractivity contribution is -0.113. The Bertz CT molecular complexity index is 998. The summed E-state index contributed by atoms with van der Waals surface area (Å²) < 4.78 is 9.24. The van der Waals surface area contributed by atoms with Gasteiger partial charge in [-0.1, -0.05) is 11.8 Å². The Labute approximate surface area is 155 Å². The molecule has 0 saturated carbocycles. The number of carbonyl (C=O) groups is 3. The van der Waals surface area contributed by atoms with E-state index in [1.54, 1.807) is 0 Å². The van der Waals surface area contributed by atoms with Crippen LogP contribution in [0.1, 0.15) is 20.7 Å². The molecule has 12 heteroatoms. The van der Waals surface area contributed by atoms with Crippen LogP contribution in [0.5, 0.6) is 0 Å². The number of anilines is 1. The number of carbonyl (C=O) groups excluding carboxylic acids is 3. The first kappa shape index (κ1) is 19.9. The fraction of sp³-hybridized carbons (Fsp3) is 0.200. The third-order valence-electron chi connectivity index (χ3n) is 3.14. The zero-order valence-corrected chi connectivity index (χ0v) is 15.0. The minimum absolute atomic E-state index is 0.0310. The summed E-state index contributed by atoms with van der Waals surface area (Å²) in [5, 5.41) is 7.93. The highest BCUT2D eigenvalue weighted by atomic mass is 32.2. The molecule has 1 heterocycles. The van der Waals surface area contributed by atoms with Gasteiger partial charge in [-0.15, -0.1) is 0 Å². The van der Waals surface area contributed by atoms with E-state index >= 15 is 0 Å². The van der Waals surface area contributed by atoms with E-state index in [2.05, 4.69) is 19.9 Å². The van der Waals surface area contributed by atoms with Crippen molar-refractivity contribution < 1.29 is 23.9 Å². The molecule has 142 valence electrons. The quantitative estimate of drug-likeness (QED) is 0.444. The Morgan fingerprint density at radius 1 is 1.15 bits per heavy atom. The van der Waals surface area contributed by atoms with E-state index in [0.717, 1.165) is 11.8 Å². The van der Waals surface area contributed by atoms with Crippen molar-refractivity contribution in [2.24, 2.45) is 0 Å². The van der Waals surface area contributed by atoms with Gasteiger partial charge in [0.1, 0.15) is 0 Å². The molecule has 0 aliphatic heterocycles. The normalized spacial score (nSPS) is 10.1. The Morgan fingerprint density at radius 3 is 2.48 bits per heavy atom. The van der Waals surface area contributed by atoms with Crippen LogP contribution in [0, 0.1) is 0 Å². The van der Waals surface area contributed by atoms with Gasteiger partial charge in [0.15, 0.2) is 5.03 Å². The van der Waals surface area contributed by atoms with Crippen molar-refractivity contribution in [3.8, 4) is 0 Å². The molecule has 3 N–H and O–H groups in total. The first-order chi connectivity index (χ1) is 12.8. The number of methoxy groups -OCH3 is 2. The molecular formula is C15H14N4O7S. The van der Waals surface area contributed by atoms with Crippen LogP contribution in [0.4, 0.5) is 5.69 Å². The van der Waals surface area contributed by atoms with Crippen LogP contribution >= 0.6 is 11.8 Å². The molecule has 0 aliphatic carbocycles.